The Morgan fingerprint density at radius 1 is 1.10 bits per heavy atom. The lowest BCUT2D eigenvalue weighted by Crippen LogP contribution is -2.24. The van der Waals surface area contributed by atoms with E-state index in [4.69, 9.17) is 0 Å². The molecule has 0 aliphatic carbocycles. The summed E-state index contributed by atoms with van der Waals surface area (Å²) in [6.07, 6.45) is 0.742. The Labute approximate surface area is 124 Å². The van der Waals surface area contributed by atoms with Gasteiger partial charge >= 0.3 is 5.97 Å². The minimum Gasteiger partial charge on any atom is -0.465 e. The van der Waals surface area contributed by atoms with Crippen molar-refractivity contribution in [2.75, 3.05) is 7.11 Å². The number of esters is 1. The highest BCUT2D eigenvalue weighted by Crippen LogP contribution is 2.08. The van der Waals surface area contributed by atoms with E-state index in [2.05, 4.69) is 4.74 Å². The molecule has 1 aromatic carbocycles. The van der Waals surface area contributed by atoms with Crippen LogP contribution in [-0.2, 0) is 17.7 Å². The van der Waals surface area contributed by atoms with E-state index in [9.17, 15) is 9.59 Å². The topological polar surface area (TPSA) is 48.3 Å². The number of nitrogens with zero attached hydrogens (tertiary/aromatic N) is 1. The second kappa shape index (κ2) is 6.39. The normalized spacial score (nSPS) is 10.4. The lowest BCUT2D eigenvalue weighted by Gasteiger charge is -2.11. The Morgan fingerprint density at radius 2 is 1.76 bits per heavy atom. The summed E-state index contributed by atoms with van der Waals surface area (Å²) in [5.41, 5.74) is 3.38. The van der Waals surface area contributed by atoms with E-state index in [-0.39, 0.29) is 11.5 Å². The standard InChI is InChI=1S/C17H19NO3/c1-12-4-5-13(2)18(16(12)19)11-10-14-6-8-15(9-7-14)17(20)21-3/h4-9H,10-11H2,1-3H3. The van der Waals surface area contributed by atoms with Gasteiger partial charge in [-0.15, -0.1) is 0 Å². The lowest BCUT2D eigenvalue weighted by atomic mass is 10.1. The van der Waals surface area contributed by atoms with Crippen LogP contribution in [0.3, 0.4) is 0 Å². The summed E-state index contributed by atoms with van der Waals surface area (Å²) in [5.74, 6) is -0.340. The minimum absolute atomic E-state index is 0.0566. The van der Waals surface area contributed by atoms with E-state index in [1.54, 1.807) is 16.7 Å². The molecule has 2 rings (SSSR count). The minimum atomic E-state index is -0.340. The van der Waals surface area contributed by atoms with Crippen molar-refractivity contribution in [2.24, 2.45) is 0 Å². The van der Waals surface area contributed by atoms with Crippen molar-refractivity contribution in [3.05, 3.63) is 69.1 Å². The fourth-order valence-electron chi connectivity index (χ4n) is 2.22. The largest absolute Gasteiger partial charge is 0.465 e. The maximum absolute atomic E-state index is 12.1. The van der Waals surface area contributed by atoms with E-state index in [1.165, 1.54) is 7.11 Å². The SMILES string of the molecule is COC(=O)c1ccc(CCn2c(C)ccc(C)c2=O)cc1. The Hall–Kier alpha value is -2.36. The van der Waals surface area contributed by atoms with Gasteiger partial charge in [0.1, 0.15) is 0 Å². The van der Waals surface area contributed by atoms with Crippen molar-refractivity contribution >= 4 is 5.97 Å². The first-order valence-corrected chi connectivity index (χ1v) is 6.87. The highest BCUT2D eigenvalue weighted by Gasteiger charge is 2.06. The van der Waals surface area contributed by atoms with Gasteiger partial charge in [0.2, 0.25) is 0 Å². The Balaban J connectivity index is 2.12. The highest BCUT2D eigenvalue weighted by atomic mass is 16.5. The predicted molar refractivity (Wildman–Crippen MR) is 81.7 cm³/mol. The third-order valence-electron chi connectivity index (χ3n) is 3.58. The van der Waals surface area contributed by atoms with Gasteiger partial charge in [-0.1, -0.05) is 18.2 Å². The molecule has 0 atom stereocenters. The molecule has 0 saturated carbocycles. The van der Waals surface area contributed by atoms with Gasteiger partial charge in [-0.2, -0.15) is 0 Å². The Morgan fingerprint density at radius 3 is 2.38 bits per heavy atom. The molecule has 0 aliphatic heterocycles. The molecule has 1 heterocycles. The summed E-state index contributed by atoms with van der Waals surface area (Å²) in [7, 11) is 1.36. The second-order valence-electron chi connectivity index (χ2n) is 5.05. The number of aryl methyl sites for hydroxylation is 3. The fraction of sp³-hybridized carbons (Fsp3) is 0.294. The van der Waals surface area contributed by atoms with Gasteiger partial charge in [0.05, 0.1) is 12.7 Å². The van der Waals surface area contributed by atoms with Gasteiger partial charge in [-0.05, 0) is 44.0 Å². The maximum Gasteiger partial charge on any atom is 0.337 e. The molecule has 4 heteroatoms. The number of carbonyl (C=O) groups is 1. The average Bonchev–Trinajstić information content (AvgIpc) is 2.51. The van der Waals surface area contributed by atoms with E-state index in [0.717, 1.165) is 23.2 Å². The fourth-order valence-corrected chi connectivity index (χ4v) is 2.22. The first-order valence-electron chi connectivity index (χ1n) is 6.87. The van der Waals surface area contributed by atoms with E-state index in [0.29, 0.717) is 12.1 Å². The van der Waals surface area contributed by atoms with Crippen molar-refractivity contribution in [3.63, 3.8) is 0 Å². The number of hydrogen-bond donors (Lipinski definition) is 0. The van der Waals surface area contributed by atoms with Crippen LogP contribution in [0.4, 0.5) is 0 Å². The molecule has 4 nitrogen and oxygen atoms in total. The first kappa shape index (κ1) is 15.0. The number of hydrogen-bond acceptors (Lipinski definition) is 3. The Bertz CT molecular complexity index is 699. The second-order valence-corrected chi connectivity index (χ2v) is 5.05. The molecule has 0 unspecified atom stereocenters. The van der Waals surface area contributed by atoms with Gasteiger partial charge in [0, 0.05) is 17.8 Å². The quantitative estimate of drug-likeness (QED) is 0.811. The summed E-state index contributed by atoms with van der Waals surface area (Å²) < 4.78 is 6.45. The van der Waals surface area contributed by atoms with Crippen LogP contribution in [-0.4, -0.2) is 17.6 Å². The van der Waals surface area contributed by atoms with Gasteiger partial charge < -0.3 is 9.30 Å². The van der Waals surface area contributed by atoms with Gasteiger partial charge in [0.15, 0.2) is 0 Å². The van der Waals surface area contributed by atoms with Crippen molar-refractivity contribution in [1.82, 2.24) is 4.57 Å². The Kier molecular flexibility index (Phi) is 4.58. The van der Waals surface area contributed by atoms with Crippen LogP contribution in [0.1, 0.15) is 27.2 Å². The zero-order chi connectivity index (χ0) is 15.4. The molecule has 1 aromatic heterocycles. The number of rotatable bonds is 4. The molecule has 110 valence electrons. The number of pyridine rings is 1. The maximum atomic E-state index is 12.1. The molecule has 0 bridgehead atoms. The smallest absolute Gasteiger partial charge is 0.337 e. The molecule has 0 aliphatic rings. The number of aromatic nitrogens is 1. The van der Waals surface area contributed by atoms with Gasteiger partial charge in [-0.25, -0.2) is 4.79 Å². The molecule has 0 radical (unpaired) electrons. The van der Waals surface area contributed by atoms with Crippen molar-refractivity contribution in [2.45, 2.75) is 26.8 Å². The summed E-state index contributed by atoms with van der Waals surface area (Å²) in [4.78, 5) is 23.5. The van der Waals surface area contributed by atoms with E-state index >= 15 is 0 Å². The van der Waals surface area contributed by atoms with Crippen LogP contribution in [0.25, 0.3) is 0 Å². The average molecular weight is 285 g/mol. The zero-order valence-corrected chi connectivity index (χ0v) is 12.6. The van der Waals surface area contributed by atoms with Crippen LogP contribution in [0.2, 0.25) is 0 Å². The van der Waals surface area contributed by atoms with Crippen molar-refractivity contribution in [1.29, 1.82) is 0 Å². The number of methoxy groups -OCH3 is 1. The van der Waals surface area contributed by atoms with Crippen LogP contribution in [0, 0.1) is 13.8 Å². The summed E-state index contributed by atoms with van der Waals surface area (Å²) in [6, 6.07) is 11.1. The number of ether oxygens (including phenoxy) is 1. The molecule has 0 N–H and O–H groups in total. The van der Waals surface area contributed by atoms with Crippen molar-refractivity contribution < 1.29 is 9.53 Å². The van der Waals surface area contributed by atoms with Crippen molar-refractivity contribution in [3.8, 4) is 0 Å². The molecule has 0 spiro atoms. The molecule has 0 saturated heterocycles. The zero-order valence-electron chi connectivity index (χ0n) is 12.6. The summed E-state index contributed by atoms with van der Waals surface area (Å²) in [5, 5.41) is 0. The van der Waals surface area contributed by atoms with Gasteiger partial charge in [-0.3, -0.25) is 4.79 Å². The predicted octanol–water partition coefficient (Wildman–Crippen LogP) is 2.49. The third-order valence-corrected chi connectivity index (χ3v) is 3.58. The highest BCUT2D eigenvalue weighted by molar-refractivity contribution is 5.89. The molecule has 21 heavy (non-hydrogen) atoms. The van der Waals surface area contributed by atoms with Gasteiger partial charge in [0.25, 0.3) is 5.56 Å². The van der Waals surface area contributed by atoms with E-state index in [1.807, 2.05) is 38.1 Å². The van der Waals surface area contributed by atoms with Crippen LogP contribution in [0.15, 0.2) is 41.2 Å². The monoisotopic (exact) mass is 285 g/mol. The third kappa shape index (κ3) is 3.40. The molecule has 0 fully saturated rings. The molecule has 2 aromatic rings. The molecular weight excluding hydrogens is 266 g/mol. The van der Waals surface area contributed by atoms with Crippen LogP contribution < -0.4 is 5.56 Å². The molecule has 0 amide bonds. The van der Waals surface area contributed by atoms with E-state index < -0.39 is 0 Å². The number of benzene rings is 1. The summed E-state index contributed by atoms with van der Waals surface area (Å²) >= 11 is 0. The first-order chi connectivity index (χ1) is 10.0. The van der Waals surface area contributed by atoms with Crippen LogP contribution in [0.5, 0.6) is 0 Å². The number of carbonyl (C=O) groups excluding carboxylic acids is 1. The summed E-state index contributed by atoms with van der Waals surface area (Å²) in [6.45, 7) is 4.38. The lowest BCUT2D eigenvalue weighted by molar-refractivity contribution is 0.0600. The molecular formula is C17H19NO3. The van der Waals surface area contributed by atoms with Crippen LogP contribution >= 0.6 is 0 Å².